The molecule has 1 aliphatic heterocycles. The second-order valence-corrected chi connectivity index (χ2v) is 10.2. The number of likely N-dealkylation sites (tertiary alicyclic amines) is 1. The molecular weight excluding hydrogens is 530 g/mol. The van der Waals surface area contributed by atoms with E-state index in [4.69, 9.17) is 10.1 Å². The molecule has 41 heavy (non-hydrogen) atoms. The summed E-state index contributed by atoms with van der Waals surface area (Å²) in [6, 6.07) is 12.5. The number of pyridine rings is 1. The van der Waals surface area contributed by atoms with E-state index < -0.39 is 11.9 Å². The summed E-state index contributed by atoms with van der Waals surface area (Å²) in [7, 11) is 0. The molecule has 0 unspecified atom stereocenters. The zero-order valence-corrected chi connectivity index (χ0v) is 22.3. The lowest BCUT2D eigenvalue weighted by Crippen LogP contribution is -2.38. The predicted molar refractivity (Wildman–Crippen MR) is 148 cm³/mol. The minimum Gasteiger partial charge on any atom is -0.392 e. The van der Waals surface area contributed by atoms with Crippen LogP contribution in [-0.4, -0.2) is 70.8 Å². The molecule has 5 heterocycles. The van der Waals surface area contributed by atoms with Gasteiger partial charge < -0.3 is 19.9 Å². The van der Waals surface area contributed by atoms with Gasteiger partial charge in [-0.3, -0.25) is 4.79 Å². The Labute approximate surface area is 234 Å². The molecule has 1 amide bonds. The third kappa shape index (κ3) is 5.70. The van der Waals surface area contributed by atoms with Gasteiger partial charge in [-0.15, -0.1) is 0 Å². The van der Waals surface area contributed by atoms with Gasteiger partial charge in [0.25, 0.3) is 5.91 Å². The molecule has 10 nitrogen and oxygen atoms in total. The lowest BCUT2D eigenvalue weighted by molar-refractivity contribution is 0.101. The summed E-state index contributed by atoms with van der Waals surface area (Å²) < 4.78 is 30.9. The van der Waals surface area contributed by atoms with Crippen molar-refractivity contribution in [3.63, 3.8) is 0 Å². The Morgan fingerprint density at radius 2 is 1.88 bits per heavy atom. The number of imidazole rings is 2. The minimum absolute atomic E-state index is 0.121. The van der Waals surface area contributed by atoms with Gasteiger partial charge in [-0.2, -0.15) is 9.49 Å². The number of piperidine rings is 1. The summed E-state index contributed by atoms with van der Waals surface area (Å²) >= 11 is 0. The van der Waals surface area contributed by atoms with Crippen LogP contribution in [0.15, 0.2) is 67.3 Å². The third-order valence-electron chi connectivity index (χ3n) is 7.18. The van der Waals surface area contributed by atoms with Crippen molar-refractivity contribution in [1.82, 2.24) is 34.0 Å². The smallest absolute Gasteiger partial charge is 0.257 e. The highest BCUT2D eigenvalue weighted by Crippen LogP contribution is 2.35. The maximum atomic E-state index is 13.7. The molecule has 1 atom stereocenters. The first kappa shape index (κ1) is 26.7. The Hall–Kier alpha value is -4.55. The van der Waals surface area contributed by atoms with E-state index in [9.17, 15) is 18.7 Å². The summed E-state index contributed by atoms with van der Waals surface area (Å²) in [5.74, 6) is -1.34. The summed E-state index contributed by atoms with van der Waals surface area (Å²) in [5, 5.41) is 17.3. The quantitative estimate of drug-likeness (QED) is 0.288. The largest absolute Gasteiger partial charge is 0.392 e. The van der Waals surface area contributed by atoms with E-state index >= 15 is 0 Å². The summed E-state index contributed by atoms with van der Waals surface area (Å²) in [4.78, 5) is 27.5. The number of anilines is 1. The van der Waals surface area contributed by atoms with Gasteiger partial charge in [0.15, 0.2) is 11.5 Å². The van der Waals surface area contributed by atoms with Crippen LogP contribution in [0.25, 0.3) is 28.3 Å². The number of aromatic nitrogens is 6. The van der Waals surface area contributed by atoms with Gasteiger partial charge >= 0.3 is 0 Å². The highest BCUT2D eigenvalue weighted by molar-refractivity contribution is 6.03. The van der Waals surface area contributed by atoms with Gasteiger partial charge in [-0.1, -0.05) is 0 Å². The van der Waals surface area contributed by atoms with E-state index in [1.807, 2.05) is 12.4 Å². The fourth-order valence-electron chi connectivity index (χ4n) is 5.27. The van der Waals surface area contributed by atoms with Crippen molar-refractivity contribution in [2.75, 3.05) is 25.0 Å². The van der Waals surface area contributed by atoms with Crippen LogP contribution in [0.2, 0.25) is 0 Å². The molecule has 1 saturated heterocycles. The molecule has 0 saturated carbocycles. The van der Waals surface area contributed by atoms with Crippen LogP contribution >= 0.6 is 0 Å². The van der Waals surface area contributed by atoms with Crippen molar-refractivity contribution in [2.45, 2.75) is 31.9 Å². The van der Waals surface area contributed by atoms with E-state index in [1.165, 1.54) is 24.4 Å². The van der Waals surface area contributed by atoms with Gasteiger partial charge in [0.05, 0.1) is 30.0 Å². The Morgan fingerprint density at radius 1 is 1.10 bits per heavy atom. The highest BCUT2D eigenvalue weighted by atomic mass is 19.1. The number of aliphatic hydroxyl groups excluding tert-OH is 1. The fourth-order valence-corrected chi connectivity index (χ4v) is 5.27. The lowest BCUT2D eigenvalue weighted by Gasteiger charge is -2.33. The molecule has 0 spiro atoms. The van der Waals surface area contributed by atoms with Gasteiger partial charge in [0.2, 0.25) is 5.95 Å². The van der Waals surface area contributed by atoms with E-state index in [2.05, 4.69) is 24.8 Å². The molecule has 1 aliphatic rings. The summed E-state index contributed by atoms with van der Waals surface area (Å²) in [5.41, 5.74) is 3.49. The number of benzene rings is 1. The molecule has 0 radical (unpaired) electrons. The van der Waals surface area contributed by atoms with Gasteiger partial charge in [-0.25, -0.2) is 23.9 Å². The second kappa shape index (κ2) is 11.1. The first-order valence-corrected chi connectivity index (χ1v) is 13.4. The maximum Gasteiger partial charge on any atom is 0.257 e. The lowest BCUT2D eigenvalue weighted by atomic mass is 10.0. The molecule has 210 valence electrons. The van der Waals surface area contributed by atoms with Crippen LogP contribution < -0.4 is 5.32 Å². The molecule has 0 bridgehead atoms. The number of nitrogens with zero attached hydrogens (tertiary/aromatic N) is 7. The standard InChI is InChI=1S/C29H28F2N8O2/c1-18(40)15-37-12-9-22(10-13-37)38-17-33-27(19-2-4-21(30)5-3-19)28(38)23-6-7-26-34-25(16-39(26)36-23)35-29(41)20-8-11-32-24(31)14-20/h2-8,11,14,16-18,22,40H,9-10,12-13,15H2,1H3,(H,35,41)/t18-/m1/s1. The number of β-amino-alcohol motifs (C(OH)–C–C–N with tert-alkyl or cyclic N) is 1. The molecule has 1 fully saturated rings. The van der Waals surface area contributed by atoms with Crippen LogP contribution in [0.1, 0.15) is 36.2 Å². The number of aliphatic hydroxyl groups is 1. The average molecular weight is 559 g/mol. The Bertz CT molecular complexity index is 1690. The first-order valence-electron chi connectivity index (χ1n) is 13.4. The number of halogens is 2. The van der Waals surface area contributed by atoms with Crippen molar-refractivity contribution in [3.8, 4) is 22.6 Å². The monoisotopic (exact) mass is 558 g/mol. The molecule has 6 rings (SSSR count). The van der Waals surface area contributed by atoms with E-state index in [1.54, 1.807) is 35.8 Å². The number of hydrogen-bond donors (Lipinski definition) is 2. The number of carbonyl (C=O) groups excluding carboxylic acids is 1. The van der Waals surface area contributed by atoms with Gasteiger partial charge in [0.1, 0.15) is 11.5 Å². The SMILES string of the molecule is C[C@@H](O)CN1CCC(n2cnc(-c3ccc(F)cc3)c2-c2ccc3nc(NC(=O)c4ccnc(F)c4)cn3n2)CC1. The first-order chi connectivity index (χ1) is 19.8. The number of amides is 1. The molecule has 5 aromatic rings. The number of nitrogens with one attached hydrogen (secondary N) is 1. The maximum absolute atomic E-state index is 13.7. The van der Waals surface area contributed by atoms with Gasteiger partial charge in [0, 0.05) is 49.1 Å². The molecule has 1 aromatic carbocycles. The molecule has 4 aromatic heterocycles. The number of hydrogen-bond acceptors (Lipinski definition) is 7. The van der Waals surface area contributed by atoms with Crippen molar-refractivity contribution in [3.05, 3.63) is 84.6 Å². The van der Waals surface area contributed by atoms with Crippen molar-refractivity contribution in [1.29, 1.82) is 0 Å². The average Bonchev–Trinajstić information content (AvgIpc) is 3.57. The topological polar surface area (TPSA) is 113 Å². The zero-order chi connectivity index (χ0) is 28.5. The van der Waals surface area contributed by atoms with E-state index in [0.29, 0.717) is 23.6 Å². The van der Waals surface area contributed by atoms with E-state index in [-0.39, 0.29) is 29.3 Å². The summed E-state index contributed by atoms with van der Waals surface area (Å²) in [6.45, 7) is 4.12. The number of carbonyl (C=O) groups is 1. The van der Waals surface area contributed by atoms with E-state index in [0.717, 1.165) is 43.3 Å². The van der Waals surface area contributed by atoms with Crippen molar-refractivity contribution >= 4 is 17.4 Å². The molecule has 0 aliphatic carbocycles. The Balaban J connectivity index is 1.34. The minimum atomic E-state index is -0.749. The Kier molecular flexibility index (Phi) is 7.25. The van der Waals surface area contributed by atoms with Crippen molar-refractivity contribution in [2.24, 2.45) is 0 Å². The normalized spacial score (nSPS) is 15.3. The van der Waals surface area contributed by atoms with Crippen LogP contribution in [-0.2, 0) is 0 Å². The molecule has 2 N–H and O–H groups in total. The highest BCUT2D eigenvalue weighted by Gasteiger charge is 2.26. The molecule has 12 heteroatoms. The van der Waals surface area contributed by atoms with Gasteiger partial charge in [-0.05, 0) is 62.2 Å². The van der Waals surface area contributed by atoms with Crippen LogP contribution in [0.5, 0.6) is 0 Å². The zero-order valence-electron chi connectivity index (χ0n) is 22.3. The van der Waals surface area contributed by atoms with Crippen LogP contribution in [0.4, 0.5) is 14.6 Å². The number of fused-ring (bicyclic) bond motifs is 1. The summed E-state index contributed by atoms with van der Waals surface area (Å²) in [6.07, 6.45) is 5.98. The second-order valence-electron chi connectivity index (χ2n) is 10.2. The fraction of sp³-hybridized carbons (Fsp3) is 0.276. The van der Waals surface area contributed by atoms with Crippen molar-refractivity contribution < 1.29 is 18.7 Å². The third-order valence-corrected chi connectivity index (χ3v) is 7.18. The predicted octanol–water partition coefficient (Wildman–Crippen LogP) is 4.20. The Morgan fingerprint density at radius 3 is 2.61 bits per heavy atom. The van der Waals surface area contributed by atoms with Crippen LogP contribution in [0, 0.1) is 11.8 Å². The number of rotatable bonds is 7. The molecular formula is C29H28F2N8O2. The van der Waals surface area contributed by atoms with Crippen LogP contribution in [0.3, 0.4) is 0 Å².